The van der Waals surface area contributed by atoms with Crippen molar-refractivity contribution in [2.75, 3.05) is 37.7 Å². The lowest BCUT2D eigenvalue weighted by atomic mass is 10.2. The van der Waals surface area contributed by atoms with Gasteiger partial charge in [-0.05, 0) is 13.0 Å². The SMILES string of the molecule is CCNCCc1csc(N2CCOC(CC)C2)n1. The summed E-state index contributed by atoms with van der Waals surface area (Å²) in [4.78, 5) is 7.08. The number of nitrogens with zero attached hydrogens (tertiary/aromatic N) is 2. The summed E-state index contributed by atoms with van der Waals surface area (Å²) >= 11 is 1.76. The van der Waals surface area contributed by atoms with Crippen LogP contribution in [0.3, 0.4) is 0 Å². The average molecular weight is 269 g/mol. The van der Waals surface area contributed by atoms with Gasteiger partial charge in [0.05, 0.1) is 18.4 Å². The molecule has 0 spiro atoms. The molecule has 0 aromatic carbocycles. The number of rotatable bonds is 6. The van der Waals surface area contributed by atoms with Crippen molar-refractivity contribution in [2.24, 2.45) is 0 Å². The van der Waals surface area contributed by atoms with Crippen LogP contribution in [0.25, 0.3) is 0 Å². The molecule has 1 unspecified atom stereocenters. The highest BCUT2D eigenvalue weighted by molar-refractivity contribution is 7.13. The molecule has 1 fully saturated rings. The predicted octanol–water partition coefficient (Wildman–Crippen LogP) is 1.91. The second kappa shape index (κ2) is 7.07. The van der Waals surface area contributed by atoms with Crippen molar-refractivity contribution in [1.29, 1.82) is 0 Å². The molecule has 2 rings (SSSR count). The van der Waals surface area contributed by atoms with Gasteiger partial charge in [0, 0.05) is 31.4 Å². The second-order valence-corrected chi connectivity index (χ2v) is 5.41. The Balaban J connectivity index is 1.88. The van der Waals surface area contributed by atoms with Crippen molar-refractivity contribution in [2.45, 2.75) is 32.8 Å². The summed E-state index contributed by atoms with van der Waals surface area (Å²) in [6.07, 6.45) is 2.47. The predicted molar refractivity (Wildman–Crippen MR) is 76.6 cm³/mol. The molecule has 2 heterocycles. The smallest absolute Gasteiger partial charge is 0.185 e. The van der Waals surface area contributed by atoms with E-state index in [1.54, 1.807) is 11.3 Å². The normalized spacial score (nSPS) is 20.3. The highest BCUT2D eigenvalue weighted by Crippen LogP contribution is 2.23. The topological polar surface area (TPSA) is 37.4 Å². The maximum atomic E-state index is 5.69. The Hall–Kier alpha value is -0.650. The fourth-order valence-electron chi connectivity index (χ4n) is 2.09. The van der Waals surface area contributed by atoms with E-state index >= 15 is 0 Å². The molecule has 4 nitrogen and oxygen atoms in total. The first kappa shape index (κ1) is 13.8. The summed E-state index contributed by atoms with van der Waals surface area (Å²) in [7, 11) is 0. The number of likely N-dealkylation sites (N-methyl/N-ethyl adjacent to an activating group) is 1. The molecular formula is C13H23N3OS. The van der Waals surface area contributed by atoms with E-state index in [2.05, 4.69) is 29.4 Å². The van der Waals surface area contributed by atoms with Gasteiger partial charge in [-0.3, -0.25) is 0 Å². The van der Waals surface area contributed by atoms with E-state index < -0.39 is 0 Å². The summed E-state index contributed by atoms with van der Waals surface area (Å²) in [5.74, 6) is 0. The molecule has 0 amide bonds. The molecule has 0 saturated carbocycles. The maximum Gasteiger partial charge on any atom is 0.185 e. The average Bonchev–Trinajstić information content (AvgIpc) is 2.88. The summed E-state index contributed by atoms with van der Waals surface area (Å²) in [6.45, 7) is 9.13. The Morgan fingerprint density at radius 1 is 1.56 bits per heavy atom. The van der Waals surface area contributed by atoms with Crippen molar-refractivity contribution in [3.63, 3.8) is 0 Å². The van der Waals surface area contributed by atoms with Gasteiger partial charge in [-0.15, -0.1) is 11.3 Å². The minimum absolute atomic E-state index is 0.368. The van der Waals surface area contributed by atoms with Crippen LogP contribution >= 0.6 is 11.3 Å². The van der Waals surface area contributed by atoms with Crippen molar-refractivity contribution in [3.8, 4) is 0 Å². The maximum absolute atomic E-state index is 5.69. The molecule has 18 heavy (non-hydrogen) atoms. The zero-order chi connectivity index (χ0) is 12.8. The van der Waals surface area contributed by atoms with Crippen LogP contribution in [0.1, 0.15) is 26.0 Å². The second-order valence-electron chi connectivity index (χ2n) is 4.57. The fraction of sp³-hybridized carbons (Fsp3) is 0.769. The zero-order valence-corrected chi connectivity index (χ0v) is 12.1. The zero-order valence-electron chi connectivity index (χ0n) is 11.3. The van der Waals surface area contributed by atoms with E-state index in [9.17, 15) is 0 Å². The third kappa shape index (κ3) is 3.67. The minimum Gasteiger partial charge on any atom is -0.375 e. The fourth-order valence-corrected chi connectivity index (χ4v) is 2.99. The Bertz CT molecular complexity index is 356. The van der Waals surface area contributed by atoms with E-state index in [1.807, 2.05) is 0 Å². The van der Waals surface area contributed by atoms with Crippen molar-refractivity contribution >= 4 is 16.5 Å². The lowest BCUT2D eigenvalue weighted by Gasteiger charge is -2.32. The van der Waals surface area contributed by atoms with Gasteiger partial charge in [-0.2, -0.15) is 0 Å². The molecule has 1 aromatic rings. The summed E-state index contributed by atoms with van der Waals surface area (Å²) in [5, 5.41) is 6.67. The number of ether oxygens (including phenoxy) is 1. The van der Waals surface area contributed by atoms with Crippen molar-refractivity contribution < 1.29 is 4.74 Å². The van der Waals surface area contributed by atoms with E-state index in [4.69, 9.17) is 9.72 Å². The Morgan fingerprint density at radius 2 is 2.44 bits per heavy atom. The third-order valence-electron chi connectivity index (χ3n) is 3.21. The van der Waals surface area contributed by atoms with Gasteiger partial charge >= 0.3 is 0 Å². The highest BCUT2D eigenvalue weighted by Gasteiger charge is 2.21. The first-order chi connectivity index (χ1) is 8.83. The quantitative estimate of drug-likeness (QED) is 0.801. The number of nitrogens with one attached hydrogen (secondary N) is 1. The van der Waals surface area contributed by atoms with Gasteiger partial charge in [-0.1, -0.05) is 13.8 Å². The van der Waals surface area contributed by atoms with E-state index in [0.717, 1.165) is 50.8 Å². The standard InChI is InChI=1S/C13H23N3OS/c1-3-12-9-16(7-8-17-12)13-15-11(10-18-13)5-6-14-4-2/h10,12,14H,3-9H2,1-2H3. The number of aromatic nitrogens is 1. The lowest BCUT2D eigenvalue weighted by Crippen LogP contribution is -2.42. The van der Waals surface area contributed by atoms with Gasteiger partial charge < -0.3 is 15.0 Å². The highest BCUT2D eigenvalue weighted by atomic mass is 32.1. The molecule has 0 radical (unpaired) electrons. The Labute approximate surface area is 113 Å². The molecule has 1 saturated heterocycles. The minimum atomic E-state index is 0.368. The van der Waals surface area contributed by atoms with Crippen LogP contribution in [0.5, 0.6) is 0 Å². The molecule has 5 heteroatoms. The van der Waals surface area contributed by atoms with Gasteiger partial charge in [0.1, 0.15) is 0 Å². The van der Waals surface area contributed by atoms with Crippen LogP contribution < -0.4 is 10.2 Å². The molecule has 1 N–H and O–H groups in total. The molecule has 1 aliphatic rings. The van der Waals surface area contributed by atoms with Gasteiger partial charge in [-0.25, -0.2) is 4.98 Å². The first-order valence-corrected chi connectivity index (χ1v) is 7.73. The first-order valence-electron chi connectivity index (χ1n) is 6.85. The number of morpholine rings is 1. The monoisotopic (exact) mass is 269 g/mol. The summed E-state index contributed by atoms with van der Waals surface area (Å²) in [6, 6.07) is 0. The third-order valence-corrected chi connectivity index (χ3v) is 4.16. The molecule has 1 atom stereocenters. The van der Waals surface area contributed by atoms with E-state index in [0.29, 0.717) is 6.10 Å². The van der Waals surface area contributed by atoms with Crippen LogP contribution in [0, 0.1) is 0 Å². The molecule has 0 bridgehead atoms. The van der Waals surface area contributed by atoms with Crippen LogP contribution in [0.2, 0.25) is 0 Å². The van der Waals surface area contributed by atoms with Crippen molar-refractivity contribution in [1.82, 2.24) is 10.3 Å². The number of hydrogen-bond donors (Lipinski definition) is 1. The molecule has 1 aromatic heterocycles. The molecule has 1 aliphatic heterocycles. The van der Waals surface area contributed by atoms with Crippen LogP contribution in [0.4, 0.5) is 5.13 Å². The number of hydrogen-bond acceptors (Lipinski definition) is 5. The van der Waals surface area contributed by atoms with Crippen LogP contribution in [0.15, 0.2) is 5.38 Å². The van der Waals surface area contributed by atoms with Gasteiger partial charge in [0.25, 0.3) is 0 Å². The van der Waals surface area contributed by atoms with Gasteiger partial charge in [0.15, 0.2) is 5.13 Å². The molecule has 102 valence electrons. The van der Waals surface area contributed by atoms with Crippen molar-refractivity contribution in [3.05, 3.63) is 11.1 Å². The Morgan fingerprint density at radius 3 is 3.22 bits per heavy atom. The van der Waals surface area contributed by atoms with E-state index in [-0.39, 0.29) is 0 Å². The number of thiazole rings is 1. The van der Waals surface area contributed by atoms with Crippen LogP contribution in [-0.4, -0.2) is 43.9 Å². The molecular weight excluding hydrogens is 246 g/mol. The lowest BCUT2D eigenvalue weighted by molar-refractivity contribution is 0.0384. The number of anilines is 1. The summed E-state index contributed by atoms with van der Waals surface area (Å²) in [5.41, 5.74) is 1.20. The largest absolute Gasteiger partial charge is 0.375 e. The molecule has 0 aliphatic carbocycles. The van der Waals surface area contributed by atoms with E-state index in [1.165, 1.54) is 5.69 Å². The van der Waals surface area contributed by atoms with Gasteiger partial charge in [0.2, 0.25) is 0 Å². The summed E-state index contributed by atoms with van der Waals surface area (Å²) < 4.78 is 5.69. The Kier molecular flexibility index (Phi) is 5.41. The van der Waals surface area contributed by atoms with Crippen LogP contribution in [-0.2, 0) is 11.2 Å².